The summed E-state index contributed by atoms with van der Waals surface area (Å²) in [5.41, 5.74) is 1.29. The molecule has 0 fully saturated rings. The van der Waals surface area contributed by atoms with Gasteiger partial charge in [-0.3, -0.25) is 4.79 Å². The second kappa shape index (κ2) is 5.06. The van der Waals surface area contributed by atoms with Crippen LogP contribution in [0.1, 0.15) is 10.6 Å². The van der Waals surface area contributed by atoms with Crippen molar-refractivity contribution in [3.63, 3.8) is 0 Å². The van der Waals surface area contributed by atoms with Crippen molar-refractivity contribution in [3.05, 3.63) is 52.7 Å². The molecule has 22 heavy (non-hydrogen) atoms. The van der Waals surface area contributed by atoms with Gasteiger partial charge >= 0.3 is 0 Å². The number of rotatable bonds is 2. The van der Waals surface area contributed by atoms with Crippen LogP contribution in [-0.4, -0.2) is 12.7 Å². The summed E-state index contributed by atoms with van der Waals surface area (Å²) >= 11 is 3.39. The third-order valence-electron chi connectivity index (χ3n) is 3.33. The lowest BCUT2D eigenvalue weighted by Crippen LogP contribution is -2.10. The molecule has 3 aromatic rings. The predicted octanol–water partition coefficient (Wildman–Crippen LogP) is 4.18. The van der Waals surface area contributed by atoms with Crippen LogP contribution >= 0.6 is 15.9 Å². The minimum Gasteiger partial charge on any atom is -0.454 e. The Morgan fingerprint density at radius 1 is 1.05 bits per heavy atom. The monoisotopic (exact) mass is 359 g/mol. The summed E-state index contributed by atoms with van der Waals surface area (Å²) in [6.45, 7) is 0.200. The van der Waals surface area contributed by atoms with Gasteiger partial charge in [0, 0.05) is 21.6 Å². The lowest BCUT2D eigenvalue weighted by molar-refractivity contribution is 0.0998. The van der Waals surface area contributed by atoms with Gasteiger partial charge in [-0.05, 0) is 36.4 Å². The van der Waals surface area contributed by atoms with Crippen molar-refractivity contribution in [2.75, 3.05) is 12.1 Å². The molecule has 1 aliphatic rings. The van der Waals surface area contributed by atoms with Crippen LogP contribution < -0.4 is 14.8 Å². The van der Waals surface area contributed by atoms with Crippen LogP contribution in [0.4, 0.5) is 5.69 Å². The molecular formula is C16H10BrNO4. The number of amides is 1. The highest BCUT2D eigenvalue weighted by atomic mass is 79.9. The maximum atomic E-state index is 12.3. The molecule has 0 spiro atoms. The van der Waals surface area contributed by atoms with Crippen molar-refractivity contribution in [3.8, 4) is 11.5 Å². The fraction of sp³-hybridized carbons (Fsp3) is 0.0625. The van der Waals surface area contributed by atoms with E-state index < -0.39 is 0 Å². The molecule has 110 valence electrons. The number of benzene rings is 2. The summed E-state index contributed by atoms with van der Waals surface area (Å²) in [4.78, 5) is 12.3. The van der Waals surface area contributed by atoms with E-state index in [-0.39, 0.29) is 18.5 Å². The minimum absolute atomic E-state index is 0.200. The zero-order chi connectivity index (χ0) is 15.1. The smallest absolute Gasteiger partial charge is 0.291 e. The van der Waals surface area contributed by atoms with E-state index in [4.69, 9.17) is 13.9 Å². The largest absolute Gasteiger partial charge is 0.454 e. The van der Waals surface area contributed by atoms with E-state index in [1.54, 1.807) is 24.3 Å². The number of hydrogen-bond donors (Lipinski definition) is 1. The molecule has 0 atom stereocenters. The van der Waals surface area contributed by atoms with Crippen molar-refractivity contribution < 1.29 is 18.7 Å². The lowest BCUT2D eigenvalue weighted by atomic mass is 10.2. The fourth-order valence-corrected chi connectivity index (χ4v) is 2.67. The van der Waals surface area contributed by atoms with Gasteiger partial charge in [-0.2, -0.15) is 0 Å². The number of furan rings is 1. The average molecular weight is 360 g/mol. The van der Waals surface area contributed by atoms with E-state index in [1.807, 2.05) is 18.2 Å². The van der Waals surface area contributed by atoms with Gasteiger partial charge in [0.2, 0.25) is 6.79 Å². The van der Waals surface area contributed by atoms with Crippen LogP contribution in [0.25, 0.3) is 11.0 Å². The van der Waals surface area contributed by atoms with Crippen LogP contribution in [-0.2, 0) is 0 Å². The number of carbonyl (C=O) groups excluding carboxylic acids is 1. The van der Waals surface area contributed by atoms with Crippen molar-refractivity contribution in [1.29, 1.82) is 0 Å². The van der Waals surface area contributed by atoms with E-state index in [0.29, 0.717) is 22.8 Å². The highest BCUT2D eigenvalue weighted by Gasteiger charge is 2.16. The summed E-state index contributed by atoms with van der Waals surface area (Å²) in [6.07, 6.45) is 0. The maximum absolute atomic E-state index is 12.3. The van der Waals surface area contributed by atoms with Crippen LogP contribution in [0.15, 0.2) is 51.4 Å². The van der Waals surface area contributed by atoms with Gasteiger partial charge in [-0.15, -0.1) is 0 Å². The third-order valence-corrected chi connectivity index (χ3v) is 3.83. The van der Waals surface area contributed by atoms with E-state index in [2.05, 4.69) is 21.2 Å². The molecule has 0 bridgehead atoms. The molecular weight excluding hydrogens is 350 g/mol. The van der Waals surface area contributed by atoms with E-state index in [1.165, 1.54) is 0 Å². The Hall–Kier alpha value is -2.47. The summed E-state index contributed by atoms with van der Waals surface area (Å²) in [5, 5.41) is 3.65. The van der Waals surface area contributed by atoms with Crippen molar-refractivity contribution in [1.82, 2.24) is 0 Å². The maximum Gasteiger partial charge on any atom is 0.291 e. The molecule has 6 heteroatoms. The number of fused-ring (bicyclic) bond motifs is 2. The summed E-state index contributed by atoms with van der Waals surface area (Å²) < 4.78 is 17.0. The quantitative estimate of drug-likeness (QED) is 0.745. The molecule has 0 saturated heterocycles. The van der Waals surface area contributed by atoms with Gasteiger partial charge < -0.3 is 19.2 Å². The number of anilines is 1. The highest BCUT2D eigenvalue weighted by molar-refractivity contribution is 9.10. The number of carbonyl (C=O) groups is 1. The Morgan fingerprint density at radius 3 is 2.82 bits per heavy atom. The van der Waals surface area contributed by atoms with Crippen LogP contribution in [0.2, 0.25) is 0 Å². The molecule has 0 radical (unpaired) electrons. The Labute approximate surface area is 133 Å². The molecule has 1 N–H and O–H groups in total. The minimum atomic E-state index is -0.314. The first-order valence-corrected chi connectivity index (χ1v) is 7.38. The zero-order valence-corrected chi connectivity index (χ0v) is 12.8. The molecule has 0 unspecified atom stereocenters. The molecule has 1 amide bonds. The Bertz CT molecular complexity index is 887. The molecule has 4 rings (SSSR count). The number of halogens is 1. The molecule has 2 heterocycles. The first kappa shape index (κ1) is 13.2. The van der Waals surface area contributed by atoms with Crippen LogP contribution in [0.3, 0.4) is 0 Å². The van der Waals surface area contributed by atoms with Crippen LogP contribution in [0, 0.1) is 0 Å². The van der Waals surface area contributed by atoms with E-state index in [0.717, 1.165) is 9.86 Å². The SMILES string of the molecule is O=C(Nc1ccc2c(c1)OCO2)c1cc2cc(Br)ccc2o1. The molecule has 0 saturated carbocycles. The van der Waals surface area contributed by atoms with Gasteiger partial charge in [0.25, 0.3) is 5.91 Å². The first-order valence-electron chi connectivity index (χ1n) is 6.59. The Kier molecular flexibility index (Phi) is 3.04. The lowest BCUT2D eigenvalue weighted by Gasteiger charge is -2.04. The molecule has 0 aliphatic carbocycles. The van der Waals surface area contributed by atoms with Gasteiger partial charge in [0.05, 0.1) is 0 Å². The van der Waals surface area contributed by atoms with Crippen molar-refractivity contribution >= 4 is 38.5 Å². The fourth-order valence-electron chi connectivity index (χ4n) is 2.29. The number of ether oxygens (including phenoxy) is 2. The average Bonchev–Trinajstić information content (AvgIpc) is 3.12. The summed E-state index contributed by atoms with van der Waals surface area (Å²) in [6, 6.07) is 12.5. The molecule has 1 aliphatic heterocycles. The molecule has 1 aromatic heterocycles. The number of hydrogen-bond acceptors (Lipinski definition) is 4. The standard InChI is InChI=1S/C16H10BrNO4/c17-10-1-3-12-9(5-10)6-15(22-12)16(19)18-11-2-4-13-14(7-11)21-8-20-13/h1-7H,8H2,(H,18,19). The highest BCUT2D eigenvalue weighted by Crippen LogP contribution is 2.34. The Morgan fingerprint density at radius 2 is 1.91 bits per heavy atom. The molecule has 5 nitrogen and oxygen atoms in total. The number of nitrogens with one attached hydrogen (secondary N) is 1. The second-order valence-electron chi connectivity index (χ2n) is 4.81. The van der Waals surface area contributed by atoms with Gasteiger partial charge in [0.1, 0.15) is 5.58 Å². The van der Waals surface area contributed by atoms with Crippen LogP contribution in [0.5, 0.6) is 11.5 Å². The molecule has 2 aromatic carbocycles. The van der Waals surface area contributed by atoms with E-state index in [9.17, 15) is 4.79 Å². The van der Waals surface area contributed by atoms with Crippen molar-refractivity contribution in [2.24, 2.45) is 0 Å². The normalized spacial score (nSPS) is 12.6. The first-order chi connectivity index (χ1) is 10.7. The van der Waals surface area contributed by atoms with Gasteiger partial charge in [0.15, 0.2) is 17.3 Å². The van der Waals surface area contributed by atoms with E-state index >= 15 is 0 Å². The predicted molar refractivity (Wildman–Crippen MR) is 84.4 cm³/mol. The summed E-state index contributed by atoms with van der Waals surface area (Å²) in [7, 11) is 0. The topological polar surface area (TPSA) is 60.7 Å². The summed E-state index contributed by atoms with van der Waals surface area (Å²) in [5.74, 6) is 1.23. The van der Waals surface area contributed by atoms with Gasteiger partial charge in [-0.1, -0.05) is 15.9 Å². The third kappa shape index (κ3) is 2.31. The zero-order valence-electron chi connectivity index (χ0n) is 11.3. The van der Waals surface area contributed by atoms with Crippen molar-refractivity contribution in [2.45, 2.75) is 0 Å². The van der Waals surface area contributed by atoms with Gasteiger partial charge in [-0.25, -0.2) is 0 Å². The Balaban J connectivity index is 1.60. The second-order valence-corrected chi connectivity index (χ2v) is 5.73.